The quantitative estimate of drug-likeness (QED) is 0.697. The number of nitrogens with one attached hydrogen (secondary N) is 1. The third kappa shape index (κ3) is 3.43. The van der Waals surface area contributed by atoms with Gasteiger partial charge in [-0.15, -0.1) is 0 Å². The Bertz CT molecular complexity index is 985. The number of para-hydroxylation sites is 1. The van der Waals surface area contributed by atoms with Crippen molar-refractivity contribution in [2.75, 3.05) is 20.3 Å². The highest BCUT2D eigenvalue weighted by Crippen LogP contribution is 2.34. The van der Waals surface area contributed by atoms with E-state index in [2.05, 4.69) is 15.4 Å². The highest BCUT2D eigenvalue weighted by molar-refractivity contribution is 5.93. The zero-order valence-electron chi connectivity index (χ0n) is 14.9. The van der Waals surface area contributed by atoms with Gasteiger partial charge in [0.05, 0.1) is 13.2 Å². The third-order valence-electron chi connectivity index (χ3n) is 4.51. The first-order valence-corrected chi connectivity index (χ1v) is 8.72. The van der Waals surface area contributed by atoms with Crippen LogP contribution in [-0.2, 0) is 12.8 Å². The van der Waals surface area contributed by atoms with E-state index in [4.69, 9.17) is 14.6 Å². The first-order chi connectivity index (χ1) is 13.2. The number of carbonyl (C=O) groups excluding carboxylic acids is 1. The second-order valence-electron chi connectivity index (χ2n) is 6.40. The summed E-state index contributed by atoms with van der Waals surface area (Å²) in [5, 5.41) is 16.3. The first kappa shape index (κ1) is 17.3. The highest BCUT2D eigenvalue weighted by Gasteiger charge is 2.25. The van der Waals surface area contributed by atoms with E-state index in [1.165, 1.54) is 0 Å². The Morgan fingerprint density at radius 3 is 3.19 bits per heavy atom. The average Bonchev–Trinajstić information content (AvgIpc) is 3.11. The van der Waals surface area contributed by atoms with Crippen LogP contribution < -0.4 is 14.8 Å². The molecule has 2 N–H and O–H groups in total. The van der Waals surface area contributed by atoms with E-state index in [9.17, 15) is 4.79 Å². The smallest absolute Gasteiger partial charge is 0.272 e. The van der Waals surface area contributed by atoms with Crippen LogP contribution in [-0.4, -0.2) is 52.0 Å². The fraction of sp³-hybridized carbons (Fsp3) is 0.316. The van der Waals surface area contributed by atoms with Crippen LogP contribution in [0.15, 0.2) is 36.7 Å². The zero-order valence-corrected chi connectivity index (χ0v) is 14.9. The molecule has 8 heteroatoms. The molecular formula is C19H20N4O4. The summed E-state index contributed by atoms with van der Waals surface area (Å²) >= 11 is 0. The number of methoxy groups -OCH3 is 1. The predicted molar refractivity (Wildman–Crippen MR) is 97.2 cm³/mol. The van der Waals surface area contributed by atoms with Crippen LogP contribution in [0.3, 0.4) is 0 Å². The molecule has 0 saturated heterocycles. The molecular weight excluding hydrogens is 348 g/mol. The lowest BCUT2D eigenvalue weighted by Gasteiger charge is -2.26. The Kier molecular flexibility index (Phi) is 4.64. The Balaban J connectivity index is 1.48. The molecule has 140 valence electrons. The number of nitrogens with zero attached hydrogens (tertiary/aromatic N) is 3. The van der Waals surface area contributed by atoms with Gasteiger partial charge in [-0.05, 0) is 24.5 Å². The number of benzene rings is 1. The van der Waals surface area contributed by atoms with Crippen LogP contribution in [0.1, 0.15) is 21.6 Å². The van der Waals surface area contributed by atoms with E-state index in [-0.39, 0.29) is 18.6 Å². The molecule has 0 fully saturated rings. The van der Waals surface area contributed by atoms with Crippen molar-refractivity contribution in [2.45, 2.75) is 18.9 Å². The molecule has 0 bridgehead atoms. The van der Waals surface area contributed by atoms with Crippen LogP contribution in [0.25, 0.3) is 5.65 Å². The maximum absolute atomic E-state index is 12.6. The number of aromatic nitrogens is 3. The summed E-state index contributed by atoms with van der Waals surface area (Å²) < 4.78 is 12.7. The minimum atomic E-state index is -0.274. The minimum absolute atomic E-state index is 0.0374. The van der Waals surface area contributed by atoms with Crippen molar-refractivity contribution in [3.63, 3.8) is 0 Å². The fourth-order valence-electron chi connectivity index (χ4n) is 3.19. The van der Waals surface area contributed by atoms with Gasteiger partial charge < -0.3 is 19.9 Å². The molecule has 27 heavy (non-hydrogen) atoms. The average molecular weight is 368 g/mol. The molecule has 1 aliphatic rings. The second-order valence-corrected chi connectivity index (χ2v) is 6.40. The molecule has 0 spiro atoms. The molecule has 1 amide bonds. The maximum atomic E-state index is 12.6. The number of hydrogen-bond donors (Lipinski definition) is 2. The van der Waals surface area contributed by atoms with Gasteiger partial charge in [0.25, 0.3) is 5.91 Å². The molecule has 3 heterocycles. The molecule has 3 aromatic rings. The number of aliphatic hydroxyl groups is 1. The van der Waals surface area contributed by atoms with Crippen LogP contribution in [0.4, 0.5) is 0 Å². The van der Waals surface area contributed by atoms with Crippen molar-refractivity contribution in [3.8, 4) is 11.5 Å². The number of carbonyl (C=O) groups is 1. The molecule has 0 aliphatic carbocycles. The lowest BCUT2D eigenvalue weighted by Crippen LogP contribution is -2.42. The number of rotatable bonds is 5. The third-order valence-corrected chi connectivity index (χ3v) is 4.51. The van der Waals surface area contributed by atoms with Crippen molar-refractivity contribution in [1.29, 1.82) is 0 Å². The normalized spacial score (nSPS) is 15.9. The Labute approximate surface area is 155 Å². The van der Waals surface area contributed by atoms with E-state index in [1.54, 1.807) is 30.1 Å². The SMILES string of the molecule is COc1cccc2c1OC[C@H](NC(=O)c1cc3ncc(CCO)cn3n1)C2. The van der Waals surface area contributed by atoms with Gasteiger partial charge in [-0.2, -0.15) is 5.10 Å². The van der Waals surface area contributed by atoms with Crippen LogP contribution in [0.2, 0.25) is 0 Å². The van der Waals surface area contributed by atoms with E-state index in [0.717, 1.165) is 16.9 Å². The van der Waals surface area contributed by atoms with Crippen molar-refractivity contribution < 1.29 is 19.4 Å². The molecule has 1 aliphatic heterocycles. The summed E-state index contributed by atoms with van der Waals surface area (Å²) in [5.41, 5.74) is 2.72. The van der Waals surface area contributed by atoms with E-state index in [0.29, 0.717) is 36.5 Å². The summed E-state index contributed by atoms with van der Waals surface area (Å²) in [6.45, 7) is 0.404. The van der Waals surface area contributed by atoms with E-state index < -0.39 is 0 Å². The summed E-state index contributed by atoms with van der Waals surface area (Å²) in [7, 11) is 1.61. The molecule has 1 atom stereocenters. The van der Waals surface area contributed by atoms with Gasteiger partial charge in [-0.25, -0.2) is 9.50 Å². The largest absolute Gasteiger partial charge is 0.493 e. The van der Waals surface area contributed by atoms with Gasteiger partial charge >= 0.3 is 0 Å². The van der Waals surface area contributed by atoms with Crippen molar-refractivity contribution in [3.05, 3.63) is 53.5 Å². The summed E-state index contributed by atoms with van der Waals surface area (Å²) in [6, 6.07) is 7.21. The van der Waals surface area contributed by atoms with Gasteiger partial charge in [-0.1, -0.05) is 12.1 Å². The summed E-state index contributed by atoms with van der Waals surface area (Å²) in [6.07, 6.45) is 4.59. The monoisotopic (exact) mass is 368 g/mol. The number of aliphatic hydroxyl groups excluding tert-OH is 1. The topological polar surface area (TPSA) is 98.0 Å². The Morgan fingerprint density at radius 1 is 1.48 bits per heavy atom. The molecule has 0 unspecified atom stereocenters. The molecule has 1 aromatic carbocycles. The predicted octanol–water partition coefficient (Wildman–Crippen LogP) is 1.01. The van der Waals surface area contributed by atoms with E-state index >= 15 is 0 Å². The minimum Gasteiger partial charge on any atom is -0.493 e. The Morgan fingerprint density at radius 2 is 2.37 bits per heavy atom. The lowest BCUT2D eigenvalue weighted by atomic mass is 10.0. The van der Waals surface area contributed by atoms with Crippen molar-refractivity contribution in [1.82, 2.24) is 19.9 Å². The van der Waals surface area contributed by atoms with Crippen molar-refractivity contribution in [2.24, 2.45) is 0 Å². The summed E-state index contributed by atoms with van der Waals surface area (Å²) in [4.78, 5) is 16.9. The van der Waals surface area contributed by atoms with Gasteiger partial charge in [0.1, 0.15) is 6.61 Å². The first-order valence-electron chi connectivity index (χ1n) is 8.72. The van der Waals surface area contributed by atoms with Crippen LogP contribution in [0.5, 0.6) is 11.5 Å². The molecule has 0 saturated carbocycles. The summed E-state index contributed by atoms with van der Waals surface area (Å²) in [5.74, 6) is 1.16. The zero-order chi connectivity index (χ0) is 18.8. The number of fused-ring (bicyclic) bond motifs is 2. The Hall–Kier alpha value is -3.13. The number of hydrogen-bond acceptors (Lipinski definition) is 6. The highest BCUT2D eigenvalue weighted by atomic mass is 16.5. The van der Waals surface area contributed by atoms with Crippen LogP contribution >= 0.6 is 0 Å². The van der Waals surface area contributed by atoms with Gasteiger partial charge in [0, 0.05) is 30.6 Å². The van der Waals surface area contributed by atoms with Gasteiger partial charge in [0.15, 0.2) is 22.8 Å². The molecule has 0 radical (unpaired) electrons. The lowest BCUT2D eigenvalue weighted by molar-refractivity contribution is 0.0909. The van der Waals surface area contributed by atoms with Crippen LogP contribution in [0, 0.1) is 0 Å². The molecule has 4 rings (SSSR count). The second kappa shape index (κ2) is 7.24. The fourth-order valence-corrected chi connectivity index (χ4v) is 3.19. The number of amides is 1. The molecule has 2 aromatic heterocycles. The molecule has 8 nitrogen and oxygen atoms in total. The van der Waals surface area contributed by atoms with Crippen molar-refractivity contribution >= 4 is 11.6 Å². The standard InChI is InChI=1S/C19H20N4O4/c1-26-16-4-2-3-13-7-14(11-27-18(13)16)21-19(25)15-8-17-20-9-12(5-6-24)10-23(17)22-15/h2-4,8-10,14,24H,5-7,11H2,1H3,(H,21,25)/t14-/m1/s1. The number of ether oxygens (including phenoxy) is 2. The van der Waals surface area contributed by atoms with Gasteiger partial charge in [0.2, 0.25) is 0 Å². The maximum Gasteiger partial charge on any atom is 0.272 e. The van der Waals surface area contributed by atoms with E-state index in [1.807, 2.05) is 18.2 Å². The van der Waals surface area contributed by atoms with Gasteiger partial charge in [-0.3, -0.25) is 4.79 Å².